The third-order valence-corrected chi connectivity index (χ3v) is 3.09. The Morgan fingerprint density at radius 1 is 1.31 bits per heavy atom. The van der Waals surface area contributed by atoms with Crippen molar-refractivity contribution in [3.05, 3.63) is 29.8 Å². The van der Waals surface area contributed by atoms with Crippen molar-refractivity contribution in [2.45, 2.75) is 13.0 Å². The zero-order valence-corrected chi connectivity index (χ0v) is 9.86. The molecule has 1 aliphatic rings. The van der Waals surface area contributed by atoms with Crippen LogP contribution in [0.25, 0.3) is 0 Å². The van der Waals surface area contributed by atoms with Crippen molar-refractivity contribution in [1.82, 2.24) is 4.90 Å². The predicted molar refractivity (Wildman–Crippen MR) is 65.4 cm³/mol. The molecule has 0 aliphatic carbocycles. The van der Waals surface area contributed by atoms with Gasteiger partial charge in [0.2, 0.25) is 0 Å². The Morgan fingerprint density at radius 3 is 2.56 bits per heavy atom. The fourth-order valence-corrected chi connectivity index (χ4v) is 2.08. The molecule has 0 radical (unpaired) electrons. The van der Waals surface area contributed by atoms with E-state index in [2.05, 4.69) is 11.9 Å². The van der Waals surface area contributed by atoms with Crippen LogP contribution >= 0.6 is 0 Å². The molecule has 88 valence electrons. The number of hydrogen-bond acceptors (Lipinski definition) is 3. The highest BCUT2D eigenvalue weighted by Gasteiger charge is 2.22. The van der Waals surface area contributed by atoms with Gasteiger partial charge in [-0.3, -0.25) is 0 Å². The van der Waals surface area contributed by atoms with Crippen LogP contribution in [0.5, 0.6) is 5.75 Å². The molecule has 1 heterocycles. The second-order valence-electron chi connectivity index (χ2n) is 4.57. The molecule has 0 saturated carbocycles. The molecule has 2 N–H and O–H groups in total. The van der Waals surface area contributed by atoms with Crippen LogP contribution in [0, 0.1) is 5.92 Å². The monoisotopic (exact) mass is 220 g/mol. The van der Waals surface area contributed by atoms with Gasteiger partial charge in [0, 0.05) is 19.6 Å². The van der Waals surface area contributed by atoms with Crippen molar-refractivity contribution in [2.75, 3.05) is 26.7 Å². The Hall–Kier alpha value is -1.06. The Labute approximate surface area is 97.2 Å². The van der Waals surface area contributed by atoms with Crippen LogP contribution in [0.2, 0.25) is 0 Å². The molecule has 0 atom stereocenters. The first kappa shape index (κ1) is 11.4. The predicted octanol–water partition coefficient (Wildman–Crippen LogP) is 1.48. The average Bonchev–Trinajstić information content (AvgIpc) is 2.27. The van der Waals surface area contributed by atoms with Gasteiger partial charge in [0.15, 0.2) is 0 Å². The van der Waals surface area contributed by atoms with E-state index in [1.165, 1.54) is 13.1 Å². The number of hydrogen-bond donors (Lipinski definition) is 1. The standard InChI is InChI=1S/C13H20N2O/c1-15-9-12(10-15)6-7-16-13-4-2-11(8-14)3-5-13/h2-5,12H,6-10,14H2,1H3. The third kappa shape index (κ3) is 2.97. The van der Waals surface area contributed by atoms with E-state index in [0.29, 0.717) is 6.54 Å². The van der Waals surface area contributed by atoms with Crippen LogP contribution in [0.1, 0.15) is 12.0 Å². The normalized spacial score (nSPS) is 17.1. The van der Waals surface area contributed by atoms with Gasteiger partial charge in [-0.25, -0.2) is 0 Å². The maximum Gasteiger partial charge on any atom is 0.119 e. The lowest BCUT2D eigenvalue weighted by molar-refractivity contribution is 0.110. The van der Waals surface area contributed by atoms with Crippen molar-refractivity contribution >= 4 is 0 Å². The Morgan fingerprint density at radius 2 is 2.00 bits per heavy atom. The summed E-state index contributed by atoms with van der Waals surface area (Å²) >= 11 is 0. The first-order valence-corrected chi connectivity index (χ1v) is 5.88. The number of nitrogens with zero attached hydrogens (tertiary/aromatic N) is 1. The largest absolute Gasteiger partial charge is 0.494 e. The molecule has 1 aromatic carbocycles. The van der Waals surface area contributed by atoms with Crippen molar-refractivity contribution < 1.29 is 4.74 Å². The summed E-state index contributed by atoms with van der Waals surface area (Å²) in [5.41, 5.74) is 6.68. The van der Waals surface area contributed by atoms with E-state index in [9.17, 15) is 0 Å². The number of ether oxygens (including phenoxy) is 1. The van der Waals surface area contributed by atoms with Gasteiger partial charge in [-0.2, -0.15) is 0 Å². The molecule has 3 heteroatoms. The zero-order valence-electron chi connectivity index (χ0n) is 9.86. The number of nitrogens with two attached hydrogens (primary N) is 1. The molecular weight excluding hydrogens is 200 g/mol. The fraction of sp³-hybridized carbons (Fsp3) is 0.538. The van der Waals surface area contributed by atoms with Crippen molar-refractivity contribution in [2.24, 2.45) is 11.7 Å². The van der Waals surface area contributed by atoms with Crippen LogP contribution in [0.4, 0.5) is 0 Å². The maximum absolute atomic E-state index is 5.69. The van der Waals surface area contributed by atoms with Crippen LogP contribution in [-0.2, 0) is 6.54 Å². The highest BCUT2D eigenvalue weighted by atomic mass is 16.5. The minimum atomic E-state index is 0.592. The molecule has 1 aromatic rings. The molecule has 0 aromatic heterocycles. The summed E-state index contributed by atoms with van der Waals surface area (Å²) in [5.74, 6) is 1.78. The van der Waals surface area contributed by atoms with E-state index in [4.69, 9.17) is 10.5 Å². The Balaban J connectivity index is 1.68. The summed E-state index contributed by atoms with van der Waals surface area (Å²) in [6.45, 7) is 3.85. The molecule has 3 nitrogen and oxygen atoms in total. The molecule has 0 amide bonds. The highest BCUT2D eigenvalue weighted by Crippen LogP contribution is 2.18. The van der Waals surface area contributed by atoms with Crippen molar-refractivity contribution in [1.29, 1.82) is 0 Å². The van der Waals surface area contributed by atoms with Crippen molar-refractivity contribution in [3.8, 4) is 5.75 Å². The van der Waals surface area contributed by atoms with Gasteiger partial charge in [0.05, 0.1) is 6.61 Å². The number of rotatable bonds is 5. The van der Waals surface area contributed by atoms with E-state index in [-0.39, 0.29) is 0 Å². The summed E-state index contributed by atoms with van der Waals surface area (Å²) in [5, 5.41) is 0. The van der Waals surface area contributed by atoms with E-state index in [1.807, 2.05) is 24.3 Å². The molecule has 0 unspecified atom stereocenters. The van der Waals surface area contributed by atoms with E-state index >= 15 is 0 Å². The highest BCUT2D eigenvalue weighted by molar-refractivity contribution is 5.27. The smallest absolute Gasteiger partial charge is 0.119 e. The molecule has 0 spiro atoms. The molecule has 1 saturated heterocycles. The van der Waals surface area contributed by atoms with Gasteiger partial charge in [0.1, 0.15) is 5.75 Å². The fourth-order valence-electron chi connectivity index (χ4n) is 2.08. The number of likely N-dealkylation sites (tertiary alicyclic amines) is 1. The lowest BCUT2D eigenvalue weighted by Gasteiger charge is -2.36. The summed E-state index contributed by atoms with van der Waals surface area (Å²) < 4.78 is 5.69. The second kappa shape index (κ2) is 5.32. The molecule has 1 aliphatic heterocycles. The van der Waals surface area contributed by atoms with Crippen molar-refractivity contribution in [3.63, 3.8) is 0 Å². The quantitative estimate of drug-likeness (QED) is 0.816. The van der Waals surface area contributed by atoms with E-state index < -0.39 is 0 Å². The third-order valence-electron chi connectivity index (χ3n) is 3.09. The summed E-state index contributed by atoms with van der Waals surface area (Å²) in [7, 11) is 2.16. The van der Waals surface area contributed by atoms with Crippen LogP contribution in [0.15, 0.2) is 24.3 Å². The van der Waals surface area contributed by atoms with Gasteiger partial charge in [-0.15, -0.1) is 0 Å². The molecule has 1 fully saturated rings. The summed E-state index contributed by atoms with van der Waals surface area (Å²) in [4.78, 5) is 2.33. The maximum atomic E-state index is 5.69. The minimum Gasteiger partial charge on any atom is -0.494 e. The Kier molecular flexibility index (Phi) is 3.80. The minimum absolute atomic E-state index is 0.592. The lowest BCUT2D eigenvalue weighted by atomic mass is 9.98. The SMILES string of the molecule is CN1CC(CCOc2ccc(CN)cc2)C1. The van der Waals surface area contributed by atoms with Gasteiger partial charge >= 0.3 is 0 Å². The molecule has 16 heavy (non-hydrogen) atoms. The lowest BCUT2D eigenvalue weighted by Crippen LogP contribution is -2.44. The Bertz CT molecular complexity index is 317. The second-order valence-corrected chi connectivity index (χ2v) is 4.57. The zero-order chi connectivity index (χ0) is 11.4. The topological polar surface area (TPSA) is 38.5 Å². The van der Waals surface area contributed by atoms with Crippen LogP contribution in [0.3, 0.4) is 0 Å². The van der Waals surface area contributed by atoms with Gasteiger partial charge in [-0.1, -0.05) is 12.1 Å². The van der Waals surface area contributed by atoms with Crippen LogP contribution < -0.4 is 10.5 Å². The van der Waals surface area contributed by atoms with E-state index in [1.54, 1.807) is 0 Å². The van der Waals surface area contributed by atoms with Gasteiger partial charge < -0.3 is 15.4 Å². The average molecular weight is 220 g/mol. The van der Waals surface area contributed by atoms with Gasteiger partial charge in [-0.05, 0) is 37.1 Å². The molecular formula is C13H20N2O. The van der Waals surface area contributed by atoms with Crippen LogP contribution in [-0.4, -0.2) is 31.6 Å². The summed E-state index contributed by atoms with van der Waals surface area (Å²) in [6.07, 6.45) is 1.16. The van der Waals surface area contributed by atoms with Gasteiger partial charge in [0.25, 0.3) is 0 Å². The summed E-state index contributed by atoms with van der Waals surface area (Å²) in [6, 6.07) is 8.03. The first-order valence-electron chi connectivity index (χ1n) is 5.88. The van der Waals surface area contributed by atoms with E-state index in [0.717, 1.165) is 30.3 Å². The molecule has 2 rings (SSSR count). The molecule has 0 bridgehead atoms. The first-order chi connectivity index (χ1) is 7.78. The number of benzene rings is 1.